The molecule has 1 heterocycles. The summed E-state index contributed by atoms with van der Waals surface area (Å²) < 4.78 is 5.80. The summed E-state index contributed by atoms with van der Waals surface area (Å²) in [7, 11) is -0.376. The van der Waals surface area contributed by atoms with Gasteiger partial charge in [0.15, 0.2) is 9.76 Å². The molecule has 0 spiro atoms. The topological polar surface area (TPSA) is 9.23 Å². The third-order valence-electron chi connectivity index (χ3n) is 2.39. The molecule has 1 aliphatic heterocycles. The lowest BCUT2D eigenvalue weighted by molar-refractivity contribution is 0.221. The van der Waals surface area contributed by atoms with Crippen molar-refractivity contribution in [3.63, 3.8) is 0 Å². The van der Waals surface area contributed by atoms with Crippen molar-refractivity contribution >= 4 is 14.9 Å². The maximum atomic E-state index is 5.80. The highest BCUT2D eigenvalue weighted by molar-refractivity contribution is 6.49. The number of hydrogen-bond acceptors (Lipinski definition) is 1. The molecule has 0 fully saturated rings. The molecule has 0 amide bonds. The Kier molecular flexibility index (Phi) is 2.28. The van der Waals surface area contributed by atoms with Gasteiger partial charge < -0.3 is 4.43 Å². The maximum Gasteiger partial charge on any atom is 0.193 e. The number of hydrogen-bond donors (Lipinski definition) is 0. The fourth-order valence-corrected chi connectivity index (χ4v) is 3.23. The van der Waals surface area contributed by atoms with Crippen molar-refractivity contribution in [3.05, 3.63) is 29.8 Å². The van der Waals surface area contributed by atoms with Crippen LogP contribution in [0.1, 0.15) is 31.4 Å². The first-order valence-electron chi connectivity index (χ1n) is 4.61. The van der Waals surface area contributed by atoms with Crippen molar-refractivity contribution in [3.8, 4) is 0 Å². The number of rotatable bonds is 2. The van der Waals surface area contributed by atoms with Gasteiger partial charge in [-0.1, -0.05) is 37.6 Å². The molecule has 1 nitrogen and oxygen atoms in total. The van der Waals surface area contributed by atoms with Gasteiger partial charge in [-0.3, -0.25) is 0 Å². The first-order chi connectivity index (χ1) is 5.92. The molecule has 1 aromatic carbocycles. The Bertz CT molecular complexity index is 270. The average Bonchev–Trinajstić information content (AvgIpc) is 2.50. The summed E-state index contributed by atoms with van der Waals surface area (Å²) in [5, 5.41) is 1.51. The van der Waals surface area contributed by atoms with Crippen LogP contribution in [0.2, 0.25) is 0 Å². The smallest absolute Gasteiger partial charge is 0.193 e. The van der Waals surface area contributed by atoms with E-state index in [-0.39, 0.29) is 9.76 Å². The summed E-state index contributed by atoms with van der Waals surface area (Å²) in [5.41, 5.74) is 1.46. The lowest BCUT2D eigenvalue weighted by atomic mass is 10.1. The highest BCUT2D eigenvalue weighted by Crippen LogP contribution is 2.24. The van der Waals surface area contributed by atoms with Gasteiger partial charge in [-0.15, -0.1) is 0 Å². The second-order valence-electron chi connectivity index (χ2n) is 3.29. The molecule has 64 valence electrons. The molecular formula is C10H14OSi. The highest BCUT2D eigenvalue weighted by atomic mass is 28.2. The fraction of sp³-hybridized carbons (Fsp3) is 0.400. The van der Waals surface area contributed by atoms with Crippen LogP contribution in [-0.4, -0.2) is 9.76 Å². The van der Waals surface area contributed by atoms with E-state index in [0.29, 0.717) is 6.10 Å². The average molecular weight is 178 g/mol. The minimum atomic E-state index is -0.376. The van der Waals surface area contributed by atoms with Crippen LogP contribution in [0.3, 0.4) is 0 Å². The molecule has 0 saturated heterocycles. The summed E-state index contributed by atoms with van der Waals surface area (Å²) in [6, 6.07) is 8.67. The molecule has 1 atom stereocenters. The minimum absolute atomic E-state index is 0.376. The zero-order valence-corrected chi connectivity index (χ0v) is 8.83. The summed E-state index contributed by atoms with van der Waals surface area (Å²) in [5.74, 6) is 0. The Morgan fingerprint density at radius 2 is 2.25 bits per heavy atom. The van der Waals surface area contributed by atoms with E-state index in [1.165, 1.54) is 23.6 Å². The number of fused-ring (bicyclic) bond motifs is 1. The molecule has 0 aromatic heterocycles. The lowest BCUT2D eigenvalue weighted by Gasteiger charge is -2.09. The fourth-order valence-electron chi connectivity index (χ4n) is 1.76. The second-order valence-corrected chi connectivity index (χ2v) is 4.67. The van der Waals surface area contributed by atoms with Crippen molar-refractivity contribution < 1.29 is 4.43 Å². The molecule has 2 rings (SSSR count). The molecule has 2 heteroatoms. The third kappa shape index (κ3) is 1.32. The largest absolute Gasteiger partial charge is 0.412 e. The lowest BCUT2D eigenvalue weighted by Crippen LogP contribution is -2.09. The SMILES string of the molecule is CCCC1O[SiH2]c2ccccc21. The Morgan fingerprint density at radius 1 is 1.42 bits per heavy atom. The molecule has 0 radical (unpaired) electrons. The van der Waals surface area contributed by atoms with Crippen LogP contribution in [-0.2, 0) is 4.43 Å². The van der Waals surface area contributed by atoms with Crippen LogP contribution in [0.5, 0.6) is 0 Å². The Morgan fingerprint density at radius 3 is 3.08 bits per heavy atom. The standard InChI is InChI=1S/C10H14OSi/c1-2-5-9-8-6-3-4-7-10(8)12-11-9/h3-4,6-7,9H,2,5,12H2,1H3. The maximum absolute atomic E-state index is 5.80. The van der Waals surface area contributed by atoms with Gasteiger partial charge >= 0.3 is 0 Å². The van der Waals surface area contributed by atoms with Crippen LogP contribution >= 0.6 is 0 Å². The quantitative estimate of drug-likeness (QED) is 0.620. The van der Waals surface area contributed by atoms with Gasteiger partial charge in [0.1, 0.15) is 0 Å². The molecule has 12 heavy (non-hydrogen) atoms. The Labute approximate surface area is 75.7 Å². The normalized spacial score (nSPS) is 22.9. The first kappa shape index (κ1) is 8.02. The van der Waals surface area contributed by atoms with E-state index in [0.717, 1.165) is 0 Å². The van der Waals surface area contributed by atoms with Crippen LogP contribution in [0.4, 0.5) is 0 Å². The van der Waals surface area contributed by atoms with Crippen molar-refractivity contribution in [1.82, 2.24) is 0 Å². The van der Waals surface area contributed by atoms with Crippen LogP contribution in [0.15, 0.2) is 24.3 Å². The van der Waals surface area contributed by atoms with Crippen molar-refractivity contribution in [1.29, 1.82) is 0 Å². The summed E-state index contributed by atoms with van der Waals surface area (Å²) in [4.78, 5) is 0. The van der Waals surface area contributed by atoms with E-state index in [1.54, 1.807) is 0 Å². The van der Waals surface area contributed by atoms with E-state index in [1.807, 2.05) is 0 Å². The van der Waals surface area contributed by atoms with Gasteiger partial charge in [0, 0.05) is 0 Å². The van der Waals surface area contributed by atoms with Crippen LogP contribution in [0, 0.1) is 0 Å². The Balaban J connectivity index is 2.24. The van der Waals surface area contributed by atoms with Gasteiger partial charge in [0.2, 0.25) is 0 Å². The van der Waals surface area contributed by atoms with Gasteiger partial charge in [-0.2, -0.15) is 0 Å². The van der Waals surface area contributed by atoms with E-state index < -0.39 is 0 Å². The molecule has 0 bridgehead atoms. The molecule has 1 unspecified atom stereocenters. The first-order valence-corrected chi connectivity index (χ1v) is 5.89. The summed E-state index contributed by atoms with van der Waals surface area (Å²) in [6.45, 7) is 2.21. The van der Waals surface area contributed by atoms with Crippen LogP contribution in [0.25, 0.3) is 0 Å². The minimum Gasteiger partial charge on any atom is -0.412 e. The van der Waals surface area contributed by atoms with Crippen LogP contribution < -0.4 is 5.19 Å². The van der Waals surface area contributed by atoms with Gasteiger partial charge in [0.05, 0.1) is 6.10 Å². The highest BCUT2D eigenvalue weighted by Gasteiger charge is 2.21. The van der Waals surface area contributed by atoms with E-state index in [4.69, 9.17) is 4.43 Å². The van der Waals surface area contributed by atoms with Crippen molar-refractivity contribution in [2.24, 2.45) is 0 Å². The molecule has 0 aliphatic carbocycles. The molecule has 0 N–H and O–H groups in total. The summed E-state index contributed by atoms with van der Waals surface area (Å²) in [6.07, 6.45) is 2.83. The van der Waals surface area contributed by atoms with Crippen molar-refractivity contribution in [2.75, 3.05) is 0 Å². The van der Waals surface area contributed by atoms with Gasteiger partial charge in [-0.25, -0.2) is 0 Å². The summed E-state index contributed by atoms with van der Waals surface area (Å²) >= 11 is 0. The monoisotopic (exact) mass is 178 g/mol. The predicted octanol–water partition coefficient (Wildman–Crippen LogP) is 1.27. The third-order valence-corrected chi connectivity index (χ3v) is 3.92. The zero-order chi connectivity index (χ0) is 8.39. The van der Waals surface area contributed by atoms with E-state index in [2.05, 4.69) is 31.2 Å². The molecule has 0 saturated carbocycles. The molecule has 1 aromatic rings. The molecular weight excluding hydrogens is 164 g/mol. The van der Waals surface area contributed by atoms with E-state index in [9.17, 15) is 0 Å². The predicted molar refractivity (Wildman–Crippen MR) is 53.4 cm³/mol. The van der Waals surface area contributed by atoms with Crippen molar-refractivity contribution in [2.45, 2.75) is 25.9 Å². The Hall–Kier alpha value is -0.603. The zero-order valence-electron chi connectivity index (χ0n) is 7.42. The van der Waals surface area contributed by atoms with Gasteiger partial charge in [0.25, 0.3) is 0 Å². The van der Waals surface area contributed by atoms with E-state index >= 15 is 0 Å². The van der Waals surface area contributed by atoms with Gasteiger partial charge in [-0.05, 0) is 17.2 Å². The second kappa shape index (κ2) is 3.41. The molecule has 1 aliphatic rings. The number of benzene rings is 1.